The van der Waals surface area contributed by atoms with Crippen molar-refractivity contribution in [2.24, 2.45) is 11.8 Å². The van der Waals surface area contributed by atoms with Gasteiger partial charge in [-0.15, -0.1) is 0 Å². The Hall–Kier alpha value is -1.26. The third kappa shape index (κ3) is 5.99. The summed E-state index contributed by atoms with van der Waals surface area (Å²) in [7, 11) is 3.38. The van der Waals surface area contributed by atoms with E-state index < -0.39 is 0 Å². The fourth-order valence-electron chi connectivity index (χ4n) is 3.53. The smallest absolute Gasteiger partial charge is 0.160 e. The third-order valence-corrected chi connectivity index (χ3v) is 4.76. The Morgan fingerprint density at radius 1 is 1.12 bits per heavy atom. The first-order chi connectivity index (χ1) is 11.6. The largest absolute Gasteiger partial charge is 0.493 e. The fourth-order valence-corrected chi connectivity index (χ4v) is 3.53. The number of ether oxygens (including phenoxy) is 2. The highest BCUT2D eigenvalue weighted by atomic mass is 16.5. The summed E-state index contributed by atoms with van der Waals surface area (Å²) in [5, 5.41) is 3.47. The zero-order valence-electron chi connectivity index (χ0n) is 15.8. The first kappa shape index (κ1) is 19.1. The van der Waals surface area contributed by atoms with Crippen LogP contribution in [0.15, 0.2) is 18.2 Å². The summed E-state index contributed by atoms with van der Waals surface area (Å²) in [5.74, 6) is 3.17. The number of hydrogen-bond acceptors (Lipinski definition) is 4. The third-order valence-electron chi connectivity index (χ3n) is 4.76. The molecule has 0 aromatic heterocycles. The molecule has 1 aliphatic heterocycles. The van der Waals surface area contributed by atoms with Gasteiger partial charge in [0.05, 0.1) is 14.2 Å². The molecular formula is C20H34N2O2. The standard InChI is InChI=1S/C20H34N2O2/c1-16(2)14-22(15-18-7-10-21-11-8-18)12-9-17-5-6-19(23-3)20(13-17)24-4/h5-6,13,16,18,21H,7-12,14-15H2,1-4H3. The van der Waals surface area contributed by atoms with E-state index >= 15 is 0 Å². The molecule has 24 heavy (non-hydrogen) atoms. The molecule has 0 saturated carbocycles. The van der Waals surface area contributed by atoms with Gasteiger partial charge in [-0.05, 0) is 61.9 Å². The molecule has 0 bridgehead atoms. The number of nitrogens with zero attached hydrogens (tertiary/aromatic N) is 1. The predicted molar refractivity (Wildman–Crippen MR) is 100 cm³/mol. The van der Waals surface area contributed by atoms with Gasteiger partial charge in [-0.1, -0.05) is 19.9 Å². The van der Waals surface area contributed by atoms with Crippen LogP contribution in [0.1, 0.15) is 32.3 Å². The van der Waals surface area contributed by atoms with E-state index in [2.05, 4.69) is 36.2 Å². The molecule has 1 aromatic rings. The highest BCUT2D eigenvalue weighted by molar-refractivity contribution is 5.42. The van der Waals surface area contributed by atoms with Crippen molar-refractivity contribution in [3.05, 3.63) is 23.8 Å². The van der Waals surface area contributed by atoms with Crippen molar-refractivity contribution in [1.82, 2.24) is 10.2 Å². The summed E-state index contributed by atoms with van der Waals surface area (Å²) in [6.07, 6.45) is 3.67. The molecule has 1 heterocycles. The Morgan fingerprint density at radius 2 is 1.83 bits per heavy atom. The van der Waals surface area contributed by atoms with E-state index in [0.29, 0.717) is 5.92 Å². The number of piperidine rings is 1. The number of nitrogens with one attached hydrogen (secondary N) is 1. The first-order valence-electron chi connectivity index (χ1n) is 9.26. The van der Waals surface area contributed by atoms with Crippen molar-refractivity contribution < 1.29 is 9.47 Å². The van der Waals surface area contributed by atoms with Crippen molar-refractivity contribution in [2.45, 2.75) is 33.1 Å². The van der Waals surface area contributed by atoms with E-state index in [9.17, 15) is 0 Å². The van der Waals surface area contributed by atoms with Crippen LogP contribution < -0.4 is 14.8 Å². The Balaban J connectivity index is 1.93. The Labute approximate surface area is 147 Å². The molecule has 0 aliphatic carbocycles. The molecule has 136 valence electrons. The lowest BCUT2D eigenvalue weighted by Gasteiger charge is -2.31. The summed E-state index contributed by atoms with van der Waals surface area (Å²) in [6.45, 7) is 10.5. The minimum atomic E-state index is 0.706. The van der Waals surface area contributed by atoms with Crippen LogP contribution in [0.2, 0.25) is 0 Å². The Morgan fingerprint density at radius 3 is 2.46 bits per heavy atom. The zero-order valence-corrected chi connectivity index (χ0v) is 15.8. The molecule has 0 spiro atoms. The second kappa shape index (κ2) is 9.90. The number of methoxy groups -OCH3 is 2. The van der Waals surface area contributed by atoms with Gasteiger partial charge in [-0.3, -0.25) is 0 Å². The predicted octanol–water partition coefficient (Wildman–Crippen LogP) is 3.20. The van der Waals surface area contributed by atoms with Crippen LogP contribution in [-0.2, 0) is 6.42 Å². The van der Waals surface area contributed by atoms with Gasteiger partial charge in [0, 0.05) is 19.6 Å². The van der Waals surface area contributed by atoms with E-state index in [1.165, 1.54) is 44.6 Å². The normalized spacial score (nSPS) is 15.9. The van der Waals surface area contributed by atoms with Gasteiger partial charge in [0.1, 0.15) is 0 Å². The molecule has 1 fully saturated rings. The monoisotopic (exact) mass is 334 g/mol. The maximum atomic E-state index is 5.42. The second-order valence-electron chi connectivity index (χ2n) is 7.29. The lowest BCUT2D eigenvalue weighted by atomic mass is 9.97. The van der Waals surface area contributed by atoms with Gasteiger partial charge in [0.2, 0.25) is 0 Å². The SMILES string of the molecule is COc1ccc(CCN(CC(C)C)CC2CCNCC2)cc1OC. The van der Waals surface area contributed by atoms with E-state index in [-0.39, 0.29) is 0 Å². The number of rotatable bonds is 9. The minimum absolute atomic E-state index is 0.706. The number of benzene rings is 1. The Kier molecular flexibility index (Phi) is 7.86. The average molecular weight is 335 g/mol. The molecule has 1 aliphatic rings. The number of hydrogen-bond donors (Lipinski definition) is 1. The molecule has 4 heteroatoms. The summed E-state index contributed by atoms with van der Waals surface area (Å²) < 4.78 is 10.8. The van der Waals surface area contributed by atoms with Crippen molar-refractivity contribution in [3.63, 3.8) is 0 Å². The van der Waals surface area contributed by atoms with Crippen LogP contribution in [0.5, 0.6) is 11.5 Å². The lowest BCUT2D eigenvalue weighted by Crippen LogP contribution is -2.38. The summed E-state index contributed by atoms with van der Waals surface area (Å²) >= 11 is 0. The summed E-state index contributed by atoms with van der Waals surface area (Å²) in [5.41, 5.74) is 1.31. The fraction of sp³-hybridized carbons (Fsp3) is 0.700. The lowest BCUT2D eigenvalue weighted by molar-refractivity contribution is 0.189. The highest BCUT2D eigenvalue weighted by Gasteiger charge is 2.18. The first-order valence-corrected chi connectivity index (χ1v) is 9.26. The molecule has 1 N–H and O–H groups in total. The van der Waals surface area contributed by atoms with Crippen LogP contribution in [0.4, 0.5) is 0 Å². The van der Waals surface area contributed by atoms with Gasteiger partial charge in [0.25, 0.3) is 0 Å². The molecule has 1 saturated heterocycles. The quantitative estimate of drug-likeness (QED) is 0.752. The van der Waals surface area contributed by atoms with Crippen molar-refractivity contribution in [2.75, 3.05) is 46.9 Å². The summed E-state index contributed by atoms with van der Waals surface area (Å²) in [6, 6.07) is 6.27. The molecule has 4 nitrogen and oxygen atoms in total. The Bertz CT molecular complexity index is 485. The molecule has 0 radical (unpaired) electrons. The van der Waals surface area contributed by atoms with Crippen molar-refractivity contribution >= 4 is 0 Å². The van der Waals surface area contributed by atoms with Crippen LogP contribution in [0, 0.1) is 11.8 Å². The summed E-state index contributed by atoms with van der Waals surface area (Å²) in [4.78, 5) is 2.65. The molecular weight excluding hydrogens is 300 g/mol. The van der Waals surface area contributed by atoms with E-state index in [1.807, 2.05) is 6.07 Å². The van der Waals surface area contributed by atoms with E-state index in [4.69, 9.17) is 9.47 Å². The zero-order chi connectivity index (χ0) is 17.4. The maximum absolute atomic E-state index is 5.42. The van der Waals surface area contributed by atoms with Crippen molar-refractivity contribution in [3.8, 4) is 11.5 Å². The van der Waals surface area contributed by atoms with Gasteiger partial charge in [-0.25, -0.2) is 0 Å². The van der Waals surface area contributed by atoms with Crippen LogP contribution >= 0.6 is 0 Å². The maximum Gasteiger partial charge on any atom is 0.160 e. The van der Waals surface area contributed by atoms with E-state index in [0.717, 1.165) is 30.4 Å². The molecule has 0 unspecified atom stereocenters. The van der Waals surface area contributed by atoms with Crippen LogP contribution in [-0.4, -0.2) is 51.8 Å². The average Bonchev–Trinajstić information content (AvgIpc) is 2.59. The van der Waals surface area contributed by atoms with Gasteiger partial charge < -0.3 is 19.7 Å². The van der Waals surface area contributed by atoms with Gasteiger partial charge >= 0.3 is 0 Å². The van der Waals surface area contributed by atoms with Crippen molar-refractivity contribution in [1.29, 1.82) is 0 Å². The van der Waals surface area contributed by atoms with Gasteiger partial charge in [0.15, 0.2) is 11.5 Å². The van der Waals surface area contributed by atoms with Crippen LogP contribution in [0.3, 0.4) is 0 Å². The second-order valence-corrected chi connectivity index (χ2v) is 7.29. The molecule has 0 amide bonds. The molecule has 1 aromatic carbocycles. The highest BCUT2D eigenvalue weighted by Crippen LogP contribution is 2.27. The topological polar surface area (TPSA) is 33.7 Å². The van der Waals surface area contributed by atoms with E-state index in [1.54, 1.807) is 14.2 Å². The van der Waals surface area contributed by atoms with Crippen LogP contribution in [0.25, 0.3) is 0 Å². The molecule has 0 atom stereocenters. The molecule has 2 rings (SSSR count). The minimum Gasteiger partial charge on any atom is -0.493 e. The van der Waals surface area contributed by atoms with Gasteiger partial charge in [-0.2, -0.15) is 0 Å².